The molecule has 0 spiro atoms. The topological polar surface area (TPSA) is 51.1 Å². The van der Waals surface area contributed by atoms with Crippen molar-refractivity contribution in [2.75, 3.05) is 7.11 Å². The third kappa shape index (κ3) is 1.30. The Bertz CT molecular complexity index is 390. The van der Waals surface area contributed by atoms with Crippen molar-refractivity contribution >= 4 is 0 Å². The molecule has 0 aromatic carbocycles. The molecule has 0 aliphatic rings. The van der Waals surface area contributed by atoms with E-state index in [2.05, 4.69) is 9.97 Å². The molecule has 0 bridgehead atoms. The number of H-pyrrole nitrogens is 1. The molecule has 0 saturated carbocycles. The predicted molar refractivity (Wildman–Crippen MR) is 47.6 cm³/mol. The summed E-state index contributed by atoms with van der Waals surface area (Å²) in [6, 6.07) is 4.20. The molecule has 0 unspecified atom stereocenters. The van der Waals surface area contributed by atoms with Crippen molar-refractivity contribution in [2.45, 2.75) is 6.92 Å². The van der Waals surface area contributed by atoms with Gasteiger partial charge in [0.05, 0.1) is 13.4 Å². The molecule has 0 amide bonds. The molecule has 2 rings (SSSR count). The molecule has 0 aliphatic carbocycles. The second kappa shape index (κ2) is 2.97. The van der Waals surface area contributed by atoms with Crippen molar-refractivity contribution in [1.82, 2.24) is 9.97 Å². The highest BCUT2D eigenvalue weighted by Crippen LogP contribution is 2.23. The quantitative estimate of drug-likeness (QED) is 0.765. The maximum atomic E-state index is 5.22. The smallest absolute Gasteiger partial charge is 0.294 e. The Morgan fingerprint density at radius 2 is 2.38 bits per heavy atom. The van der Waals surface area contributed by atoms with Crippen LogP contribution in [0.1, 0.15) is 5.69 Å². The number of methoxy groups -OCH3 is 1. The average Bonchev–Trinajstić information content (AvgIpc) is 2.72. The molecule has 68 valence electrons. The van der Waals surface area contributed by atoms with Crippen molar-refractivity contribution in [3.63, 3.8) is 0 Å². The lowest BCUT2D eigenvalue weighted by atomic mass is 10.3. The molecule has 2 aromatic rings. The normalized spacial score (nSPS) is 10.3. The highest BCUT2D eigenvalue weighted by Gasteiger charge is 2.10. The molecule has 13 heavy (non-hydrogen) atoms. The lowest BCUT2D eigenvalue weighted by molar-refractivity contribution is 0.384. The maximum absolute atomic E-state index is 5.22. The number of aryl methyl sites for hydroxylation is 1. The van der Waals surface area contributed by atoms with Gasteiger partial charge in [0, 0.05) is 5.69 Å². The summed E-state index contributed by atoms with van der Waals surface area (Å²) in [5.74, 6) is 0.747. The first-order valence-electron chi connectivity index (χ1n) is 3.95. The lowest BCUT2D eigenvalue weighted by Gasteiger charge is -1.89. The van der Waals surface area contributed by atoms with Gasteiger partial charge in [-0.3, -0.25) is 0 Å². The molecule has 2 aromatic heterocycles. The maximum Gasteiger partial charge on any atom is 0.294 e. The minimum Gasteiger partial charge on any atom is -0.468 e. The monoisotopic (exact) mass is 178 g/mol. The van der Waals surface area contributed by atoms with Gasteiger partial charge in [0.25, 0.3) is 6.01 Å². The van der Waals surface area contributed by atoms with E-state index < -0.39 is 0 Å². The molecule has 1 N–H and O–H groups in total. The van der Waals surface area contributed by atoms with Crippen molar-refractivity contribution in [3.8, 4) is 17.5 Å². The molecule has 4 heteroatoms. The van der Waals surface area contributed by atoms with Crippen molar-refractivity contribution in [2.24, 2.45) is 0 Å². The van der Waals surface area contributed by atoms with Gasteiger partial charge in [0.1, 0.15) is 5.69 Å². The molecular formula is C9H10N2O2. The summed E-state index contributed by atoms with van der Waals surface area (Å²) in [5, 5.41) is 0. The third-order valence-corrected chi connectivity index (χ3v) is 1.81. The van der Waals surface area contributed by atoms with E-state index in [9.17, 15) is 0 Å². The van der Waals surface area contributed by atoms with E-state index in [0.29, 0.717) is 6.01 Å². The summed E-state index contributed by atoms with van der Waals surface area (Å²) in [6.45, 7) is 1.92. The first-order chi connectivity index (χ1) is 6.31. The zero-order valence-corrected chi connectivity index (χ0v) is 7.50. The van der Waals surface area contributed by atoms with Gasteiger partial charge in [-0.05, 0) is 19.1 Å². The molecule has 2 heterocycles. The highest BCUT2D eigenvalue weighted by molar-refractivity contribution is 5.55. The Kier molecular flexibility index (Phi) is 1.81. The van der Waals surface area contributed by atoms with Crippen LogP contribution < -0.4 is 4.74 Å². The summed E-state index contributed by atoms with van der Waals surface area (Å²) in [7, 11) is 1.57. The second-order valence-electron chi connectivity index (χ2n) is 2.70. The zero-order chi connectivity index (χ0) is 9.26. The number of hydrogen-bond acceptors (Lipinski definition) is 3. The van der Waals surface area contributed by atoms with Crippen LogP contribution in [0.4, 0.5) is 0 Å². The van der Waals surface area contributed by atoms with Crippen LogP contribution in [-0.4, -0.2) is 17.1 Å². The van der Waals surface area contributed by atoms with E-state index in [0.717, 1.165) is 17.1 Å². The largest absolute Gasteiger partial charge is 0.468 e. The van der Waals surface area contributed by atoms with Crippen LogP contribution in [-0.2, 0) is 0 Å². The van der Waals surface area contributed by atoms with Gasteiger partial charge in [-0.25, -0.2) is 0 Å². The van der Waals surface area contributed by atoms with Gasteiger partial charge in [-0.2, -0.15) is 4.98 Å². The number of furan rings is 1. The van der Waals surface area contributed by atoms with E-state index in [1.165, 1.54) is 0 Å². The van der Waals surface area contributed by atoms with Gasteiger partial charge < -0.3 is 14.1 Å². The van der Waals surface area contributed by atoms with E-state index in [1.807, 2.05) is 19.1 Å². The van der Waals surface area contributed by atoms with Crippen LogP contribution in [0.2, 0.25) is 0 Å². The van der Waals surface area contributed by atoms with Crippen molar-refractivity contribution < 1.29 is 9.15 Å². The molecule has 0 atom stereocenters. The summed E-state index contributed by atoms with van der Waals surface area (Å²) < 4.78 is 10.2. The number of aromatic nitrogens is 2. The Labute approximate surface area is 75.6 Å². The van der Waals surface area contributed by atoms with Crippen molar-refractivity contribution in [1.29, 1.82) is 0 Å². The fraction of sp³-hybridized carbons (Fsp3) is 0.222. The van der Waals surface area contributed by atoms with Crippen LogP contribution in [0.15, 0.2) is 22.8 Å². The van der Waals surface area contributed by atoms with E-state index >= 15 is 0 Å². The minimum absolute atomic E-state index is 0.504. The van der Waals surface area contributed by atoms with E-state index in [-0.39, 0.29) is 0 Å². The summed E-state index contributed by atoms with van der Waals surface area (Å²) in [6.07, 6.45) is 1.62. The van der Waals surface area contributed by atoms with Gasteiger partial charge in [0.2, 0.25) is 0 Å². The number of rotatable bonds is 2. The third-order valence-electron chi connectivity index (χ3n) is 1.81. The van der Waals surface area contributed by atoms with Gasteiger partial charge in [-0.15, -0.1) is 0 Å². The van der Waals surface area contributed by atoms with Gasteiger partial charge >= 0.3 is 0 Å². The number of nitrogens with one attached hydrogen (secondary N) is 1. The Hall–Kier alpha value is -1.71. The number of hydrogen-bond donors (Lipinski definition) is 1. The Morgan fingerprint density at radius 3 is 2.92 bits per heavy atom. The fourth-order valence-corrected chi connectivity index (χ4v) is 1.18. The highest BCUT2D eigenvalue weighted by atomic mass is 16.5. The summed E-state index contributed by atoms with van der Waals surface area (Å²) in [4.78, 5) is 7.19. The first-order valence-corrected chi connectivity index (χ1v) is 3.95. The van der Waals surface area contributed by atoms with Crippen molar-refractivity contribution in [3.05, 3.63) is 24.1 Å². The fourth-order valence-electron chi connectivity index (χ4n) is 1.18. The zero-order valence-electron chi connectivity index (χ0n) is 7.50. The summed E-state index contributed by atoms with van der Waals surface area (Å²) >= 11 is 0. The molecule has 0 radical (unpaired) electrons. The number of nitrogens with zero attached hydrogens (tertiary/aromatic N) is 1. The van der Waals surface area contributed by atoms with E-state index in [1.54, 1.807) is 13.4 Å². The SMILES string of the molecule is COc1nc(-c2ccco2)c(C)[nH]1. The minimum atomic E-state index is 0.504. The number of ether oxygens (including phenoxy) is 1. The first kappa shape index (κ1) is 7.91. The standard InChI is InChI=1S/C9H10N2O2/c1-6-8(7-4-3-5-13-7)11-9(10-6)12-2/h3-5H,1-2H3,(H,10,11). The Morgan fingerprint density at radius 1 is 1.54 bits per heavy atom. The average molecular weight is 178 g/mol. The Balaban J connectivity index is 2.46. The predicted octanol–water partition coefficient (Wildman–Crippen LogP) is 1.99. The van der Waals surface area contributed by atoms with Crippen LogP contribution in [0.3, 0.4) is 0 Å². The van der Waals surface area contributed by atoms with E-state index in [4.69, 9.17) is 9.15 Å². The van der Waals surface area contributed by atoms with Crippen LogP contribution in [0.5, 0.6) is 6.01 Å². The molecule has 0 fully saturated rings. The van der Waals surface area contributed by atoms with Crippen LogP contribution in [0, 0.1) is 6.92 Å². The molecular weight excluding hydrogens is 168 g/mol. The van der Waals surface area contributed by atoms with Crippen LogP contribution in [0.25, 0.3) is 11.5 Å². The number of imidazole rings is 1. The van der Waals surface area contributed by atoms with Crippen LogP contribution >= 0.6 is 0 Å². The molecule has 4 nitrogen and oxygen atoms in total. The van der Waals surface area contributed by atoms with Gasteiger partial charge in [-0.1, -0.05) is 0 Å². The second-order valence-corrected chi connectivity index (χ2v) is 2.70. The summed E-state index contributed by atoms with van der Waals surface area (Å²) in [5.41, 5.74) is 1.73. The number of aromatic amines is 1. The molecule has 0 saturated heterocycles. The lowest BCUT2D eigenvalue weighted by Crippen LogP contribution is -1.83. The molecule has 0 aliphatic heterocycles. The van der Waals surface area contributed by atoms with Gasteiger partial charge in [0.15, 0.2) is 5.76 Å².